The lowest BCUT2D eigenvalue weighted by Crippen LogP contribution is -2.46. The number of β-amino-alcohol motifs (C(OH)–C–C–N with tert-alkyl or cyclic N) is 1. The zero-order valence-corrected chi connectivity index (χ0v) is 15.1. The van der Waals surface area contributed by atoms with Crippen molar-refractivity contribution >= 4 is 17.6 Å². The molecule has 0 saturated carbocycles. The van der Waals surface area contributed by atoms with Gasteiger partial charge in [-0.2, -0.15) is 0 Å². The van der Waals surface area contributed by atoms with Crippen molar-refractivity contribution < 1.29 is 24.2 Å². The van der Waals surface area contributed by atoms with Crippen LogP contribution in [0.4, 0.5) is 0 Å². The molecule has 7 nitrogen and oxygen atoms in total. The minimum Gasteiger partial charge on any atom is -0.388 e. The van der Waals surface area contributed by atoms with Crippen molar-refractivity contribution in [2.24, 2.45) is 11.1 Å². The van der Waals surface area contributed by atoms with Gasteiger partial charge in [0.05, 0.1) is 12.5 Å². The summed E-state index contributed by atoms with van der Waals surface area (Å²) >= 11 is 0. The van der Waals surface area contributed by atoms with Crippen LogP contribution >= 0.6 is 0 Å². The molecular weight excluding hydrogens is 336 g/mol. The van der Waals surface area contributed by atoms with Gasteiger partial charge in [-0.1, -0.05) is 39.0 Å². The summed E-state index contributed by atoms with van der Waals surface area (Å²) in [5, 5.41) is 10.2. The van der Waals surface area contributed by atoms with Crippen LogP contribution in [-0.4, -0.2) is 59.0 Å². The summed E-state index contributed by atoms with van der Waals surface area (Å²) in [4.78, 5) is 38.9. The Morgan fingerprint density at radius 2 is 1.96 bits per heavy atom. The summed E-state index contributed by atoms with van der Waals surface area (Å²) < 4.78 is 5.35. The van der Waals surface area contributed by atoms with Crippen LogP contribution < -0.4 is 5.73 Å². The van der Waals surface area contributed by atoms with Gasteiger partial charge in [0, 0.05) is 5.56 Å². The second-order valence-corrected chi connectivity index (χ2v) is 8.00. The second-order valence-electron chi connectivity index (χ2n) is 8.00. The summed E-state index contributed by atoms with van der Waals surface area (Å²) in [7, 11) is 0. The number of likely N-dealkylation sites (tertiary alicyclic amines) is 1. The third-order valence-corrected chi connectivity index (χ3v) is 5.09. The van der Waals surface area contributed by atoms with Crippen molar-refractivity contribution in [2.45, 2.75) is 44.9 Å². The molecule has 3 N–H and O–H groups in total. The van der Waals surface area contributed by atoms with Crippen LogP contribution in [0, 0.1) is 5.41 Å². The number of carbonyl (C=O) groups excluding carboxylic acids is 3. The third kappa shape index (κ3) is 3.01. The maximum absolute atomic E-state index is 13.5. The molecule has 0 aliphatic carbocycles. The number of rotatable bonds is 3. The van der Waals surface area contributed by atoms with Gasteiger partial charge in [-0.3, -0.25) is 14.4 Å². The Hall–Kier alpha value is -2.25. The molecule has 140 valence electrons. The van der Waals surface area contributed by atoms with E-state index in [9.17, 15) is 19.5 Å². The summed E-state index contributed by atoms with van der Waals surface area (Å²) in [6.07, 6.45) is -1.58. The number of ketones is 1. The van der Waals surface area contributed by atoms with Gasteiger partial charge in [0.25, 0.3) is 0 Å². The summed E-state index contributed by atoms with van der Waals surface area (Å²) in [6.45, 7) is 5.61. The normalized spacial score (nSPS) is 26.7. The number of nitrogens with zero attached hydrogens (tertiary/aromatic N) is 1. The molecule has 2 fully saturated rings. The van der Waals surface area contributed by atoms with E-state index in [1.807, 2.05) is 20.8 Å². The fraction of sp³-hybridized carbons (Fsp3) is 0.526. The Kier molecular flexibility index (Phi) is 4.62. The fourth-order valence-corrected chi connectivity index (χ4v) is 3.97. The van der Waals surface area contributed by atoms with Crippen LogP contribution in [0.15, 0.2) is 24.3 Å². The maximum Gasteiger partial charge on any atom is 0.249 e. The molecule has 0 spiro atoms. The van der Waals surface area contributed by atoms with Crippen LogP contribution in [0.5, 0.6) is 0 Å². The van der Waals surface area contributed by atoms with Crippen LogP contribution in [-0.2, 0) is 14.3 Å². The van der Waals surface area contributed by atoms with E-state index in [1.165, 1.54) is 4.90 Å². The monoisotopic (exact) mass is 360 g/mol. The zero-order chi connectivity index (χ0) is 19.2. The molecule has 0 unspecified atom stereocenters. The zero-order valence-electron chi connectivity index (χ0n) is 15.1. The molecule has 7 heteroatoms. The Morgan fingerprint density at radius 3 is 2.58 bits per heavy atom. The molecule has 1 aromatic carbocycles. The lowest BCUT2D eigenvalue weighted by atomic mass is 9.74. The molecule has 0 aromatic heterocycles. The van der Waals surface area contributed by atoms with E-state index in [2.05, 4.69) is 0 Å². The Morgan fingerprint density at radius 1 is 1.31 bits per heavy atom. The van der Waals surface area contributed by atoms with Gasteiger partial charge in [-0.05, 0) is 17.0 Å². The first kappa shape index (κ1) is 18.5. The smallest absolute Gasteiger partial charge is 0.249 e. The van der Waals surface area contributed by atoms with E-state index >= 15 is 0 Å². The molecule has 2 saturated heterocycles. The second kappa shape index (κ2) is 6.48. The number of hydrogen-bond donors (Lipinski definition) is 2. The summed E-state index contributed by atoms with van der Waals surface area (Å²) in [5.41, 5.74) is 5.78. The van der Waals surface area contributed by atoms with Crippen molar-refractivity contribution in [3.8, 4) is 0 Å². The van der Waals surface area contributed by atoms with Crippen molar-refractivity contribution in [2.75, 3.05) is 13.2 Å². The maximum atomic E-state index is 13.5. The van der Waals surface area contributed by atoms with Gasteiger partial charge in [0.2, 0.25) is 11.8 Å². The molecule has 2 amide bonds. The molecule has 0 radical (unpaired) electrons. The molecule has 26 heavy (non-hydrogen) atoms. The minimum absolute atomic E-state index is 0.0330. The average molecular weight is 360 g/mol. The van der Waals surface area contributed by atoms with Crippen molar-refractivity contribution in [3.63, 3.8) is 0 Å². The highest BCUT2D eigenvalue weighted by Crippen LogP contribution is 2.40. The van der Waals surface area contributed by atoms with E-state index in [0.29, 0.717) is 5.56 Å². The van der Waals surface area contributed by atoms with E-state index in [1.54, 1.807) is 24.3 Å². The quantitative estimate of drug-likeness (QED) is 0.813. The van der Waals surface area contributed by atoms with Crippen molar-refractivity contribution in [1.29, 1.82) is 0 Å². The van der Waals surface area contributed by atoms with E-state index < -0.39 is 35.5 Å². The number of carbonyl (C=O) groups is 3. The van der Waals surface area contributed by atoms with E-state index in [4.69, 9.17) is 10.5 Å². The fourth-order valence-electron chi connectivity index (χ4n) is 3.97. The summed E-state index contributed by atoms with van der Waals surface area (Å²) in [5.74, 6) is -1.82. The first-order valence-electron chi connectivity index (χ1n) is 8.64. The van der Waals surface area contributed by atoms with Crippen LogP contribution in [0.3, 0.4) is 0 Å². The number of ether oxygens (including phenoxy) is 1. The largest absolute Gasteiger partial charge is 0.388 e. The van der Waals surface area contributed by atoms with E-state index in [-0.39, 0.29) is 30.4 Å². The third-order valence-electron chi connectivity index (χ3n) is 5.09. The topological polar surface area (TPSA) is 110 Å². The number of hydrogen-bond acceptors (Lipinski definition) is 5. The van der Waals surface area contributed by atoms with Gasteiger partial charge < -0.3 is 20.5 Å². The van der Waals surface area contributed by atoms with Crippen LogP contribution in [0.2, 0.25) is 0 Å². The Balaban J connectivity index is 2.04. The van der Waals surface area contributed by atoms with Crippen molar-refractivity contribution in [1.82, 2.24) is 4.90 Å². The molecular formula is C19H24N2O5. The molecule has 2 heterocycles. The number of Topliss-reactive ketones (excluding diaryl/α,β-unsaturated/α-hetero) is 1. The molecule has 2 aliphatic rings. The molecule has 4 atom stereocenters. The first-order chi connectivity index (χ1) is 12.1. The van der Waals surface area contributed by atoms with Gasteiger partial charge in [0.1, 0.15) is 24.9 Å². The van der Waals surface area contributed by atoms with Crippen molar-refractivity contribution in [3.05, 3.63) is 35.4 Å². The van der Waals surface area contributed by atoms with Crippen LogP contribution in [0.25, 0.3) is 0 Å². The highest BCUT2D eigenvalue weighted by Gasteiger charge is 2.53. The predicted octanol–water partition coefficient (Wildman–Crippen LogP) is 0.455. The van der Waals surface area contributed by atoms with E-state index in [0.717, 1.165) is 0 Å². The van der Waals surface area contributed by atoms with Gasteiger partial charge in [-0.15, -0.1) is 0 Å². The highest BCUT2D eigenvalue weighted by atomic mass is 16.5. The lowest BCUT2D eigenvalue weighted by molar-refractivity contribution is -0.140. The number of nitrogens with two attached hydrogens (primary N) is 1. The minimum atomic E-state index is -0.901. The molecule has 1 aromatic rings. The van der Waals surface area contributed by atoms with Gasteiger partial charge >= 0.3 is 0 Å². The number of benzene rings is 1. The number of aliphatic hydroxyl groups excluding tert-OH is 1. The summed E-state index contributed by atoms with van der Waals surface area (Å²) in [6, 6.07) is 5.97. The highest BCUT2D eigenvalue weighted by molar-refractivity contribution is 5.99. The lowest BCUT2D eigenvalue weighted by Gasteiger charge is -2.35. The molecule has 0 bridgehead atoms. The number of primary amides is 1. The standard InChI is InChI=1S/C19H24N2O5/c1-19(2,3)14(10-6-4-5-7-11(10)17(20)24)18(25)21-8-12(22)16-15(21)13(23)9-26-16/h4-7,12,14-16,22H,8-9H2,1-3H3,(H2,20,24)/t12-,14-,15+,16+/m0/s1. The van der Waals surface area contributed by atoms with Crippen LogP contribution in [0.1, 0.15) is 42.6 Å². The molecule has 2 aliphatic heterocycles. The van der Waals surface area contributed by atoms with Gasteiger partial charge in [-0.25, -0.2) is 0 Å². The number of aliphatic hydroxyl groups is 1. The Bertz CT molecular complexity index is 755. The first-order valence-corrected chi connectivity index (χ1v) is 8.64. The average Bonchev–Trinajstić information content (AvgIpc) is 3.08. The molecule has 3 rings (SSSR count). The number of fused-ring (bicyclic) bond motifs is 1. The SMILES string of the molecule is CC(C)(C)[C@H](C(=O)N1C[C@H](O)[C@H]2OCC(=O)[C@H]21)c1ccccc1C(N)=O. The number of amides is 2. The van der Waals surface area contributed by atoms with Gasteiger partial charge in [0.15, 0.2) is 5.78 Å². The Labute approximate surface area is 152 Å². The predicted molar refractivity (Wildman–Crippen MR) is 93.4 cm³/mol.